The topological polar surface area (TPSA) is 70.8 Å². The molecule has 1 atom stereocenters. The molecule has 4 N–H and O–H groups in total. The van der Waals surface area contributed by atoms with E-state index in [9.17, 15) is 9.59 Å². The second-order valence-corrected chi connectivity index (χ2v) is 8.39. The first kappa shape index (κ1) is 21.3. The fourth-order valence-corrected chi connectivity index (χ4v) is 4.59. The standard InChI is InChI=1S/C25H30N4O2/c1-2-12-26-23(30)18-28-13-15-29(16-14-28)24(19-8-4-3-5-9-19)25(31)21-17-27-22-11-7-6-10-20(21)22/h3-11,17,24,27H,2,12-16,18H2,1H3,(H,26,30)/p+2/t24-/m0/s1. The number of ketones is 1. The Balaban J connectivity index is 1.52. The first-order valence-corrected chi connectivity index (χ1v) is 11.3. The number of carbonyl (C=O) groups is 2. The number of aromatic amines is 1. The van der Waals surface area contributed by atoms with Crippen molar-refractivity contribution in [3.8, 4) is 0 Å². The normalized spacial score (nSPS) is 19.8. The van der Waals surface area contributed by atoms with Gasteiger partial charge in [-0.05, 0) is 12.5 Å². The maximum atomic E-state index is 13.8. The molecule has 6 nitrogen and oxygen atoms in total. The Hall–Kier alpha value is -2.96. The Morgan fingerprint density at radius 3 is 2.45 bits per heavy atom. The van der Waals surface area contributed by atoms with Crippen LogP contribution < -0.4 is 15.1 Å². The smallest absolute Gasteiger partial charge is 0.275 e. The first-order valence-electron chi connectivity index (χ1n) is 11.3. The maximum absolute atomic E-state index is 13.8. The summed E-state index contributed by atoms with van der Waals surface area (Å²) >= 11 is 0. The summed E-state index contributed by atoms with van der Waals surface area (Å²) in [6.07, 6.45) is 2.80. The number of rotatable bonds is 8. The van der Waals surface area contributed by atoms with E-state index < -0.39 is 0 Å². The molecule has 4 rings (SSSR count). The predicted molar refractivity (Wildman–Crippen MR) is 121 cm³/mol. The second kappa shape index (κ2) is 9.90. The second-order valence-electron chi connectivity index (χ2n) is 8.39. The lowest BCUT2D eigenvalue weighted by Gasteiger charge is -2.34. The highest BCUT2D eigenvalue weighted by Gasteiger charge is 2.37. The minimum Gasteiger partial charge on any atom is -0.360 e. The number of aromatic nitrogens is 1. The van der Waals surface area contributed by atoms with E-state index in [1.54, 1.807) is 0 Å². The van der Waals surface area contributed by atoms with Gasteiger partial charge < -0.3 is 20.1 Å². The van der Waals surface area contributed by atoms with E-state index >= 15 is 0 Å². The fraction of sp³-hybridized carbons (Fsp3) is 0.360. The van der Waals surface area contributed by atoms with Crippen molar-refractivity contribution >= 4 is 22.6 Å². The Labute approximate surface area is 183 Å². The lowest BCUT2D eigenvalue weighted by molar-refractivity contribution is -1.02. The molecular weight excluding hydrogens is 388 g/mol. The van der Waals surface area contributed by atoms with Crippen LogP contribution in [0.1, 0.15) is 35.3 Å². The van der Waals surface area contributed by atoms with Gasteiger partial charge in [-0.1, -0.05) is 55.5 Å². The Kier molecular flexibility index (Phi) is 6.79. The van der Waals surface area contributed by atoms with Crippen molar-refractivity contribution in [2.45, 2.75) is 19.4 Å². The number of benzene rings is 2. The molecule has 2 aromatic carbocycles. The summed E-state index contributed by atoms with van der Waals surface area (Å²) in [4.78, 5) is 31.7. The number of fused-ring (bicyclic) bond motifs is 1. The monoisotopic (exact) mass is 420 g/mol. The molecular formula is C25H32N4O2+2. The van der Waals surface area contributed by atoms with Gasteiger partial charge in [0.15, 0.2) is 12.6 Å². The first-order chi connectivity index (χ1) is 15.2. The molecule has 0 bridgehead atoms. The number of carbonyl (C=O) groups excluding carboxylic acids is 2. The summed E-state index contributed by atoms with van der Waals surface area (Å²) < 4.78 is 0. The van der Waals surface area contributed by atoms with E-state index in [0.29, 0.717) is 6.54 Å². The quantitative estimate of drug-likeness (QED) is 0.399. The van der Waals surface area contributed by atoms with Gasteiger partial charge >= 0.3 is 0 Å². The molecule has 1 aliphatic rings. The van der Waals surface area contributed by atoms with Crippen molar-refractivity contribution in [2.24, 2.45) is 0 Å². The number of amides is 1. The Morgan fingerprint density at radius 1 is 1.00 bits per heavy atom. The molecule has 0 spiro atoms. The molecule has 6 heteroatoms. The van der Waals surface area contributed by atoms with Crippen molar-refractivity contribution < 1.29 is 19.4 Å². The van der Waals surface area contributed by atoms with Crippen LogP contribution in [-0.2, 0) is 4.79 Å². The number of quaternary nitrogens is 2. The third-order valence-corrected chi connectivity index (χ3v) is 6.24. The average Bonchev–Trinajstić information content (AvgIpc) is 3.24. The van der Waals surface area contributed by atoms with Crippen LogP contribution in [0.15, 0.2) is 60.8 Å². The number of nitrogens with one attached hydrogen (secondary N) is 4. The third-order valence-electron chi connectivity index (χ3n) is 6.24. The number of H-pyrrole nitrogens is 1. The average molecular weight is 421 g/mol. The van der Waals surface area contributed by atoms with E-state index in [1.807, 2.05) is 48.7 Å². The van der Waals surface area contributed by atoms with Crippen LogP contribution in [0, 0.1) is 0 Å². The molecule has 2 heterocycles. The Bertz CT molecular complexity index is 1020. The minimum absolute atomic E-state index is 0.120. The van der Waals surface area contributed by atoms with Gasteiger partial charge in [-0.25, -0.2) is 0 Å². The Morgan fingerprint density at radius 2 is 1.71 bits per heavy atom. The lowest BCUT2D eigenvalue weighted by atomic mass is 9.95. The van der Waals surface area contributed by atoms with Crippen molar-refractivity contribution in [3.63, 3.8) is 0 Å². The van der Waals surface area contributed by atoms with Crippen LogP contribution in [0.4, 0.5) is 0 Å². The highest BCUT2D eigenvalue weighted by molar-refractivity contribution is 6.10. The summed E-state index contributed by atoms with van der Waals surface area (Å²) in [5.74, 6) is 0.276. The van der Waals surface area contributed by atoms with Gasteiger partial charge in [0, 0.05) is 34.8 Å². The number of Topliss-reactive ketones (excluding diaryl/α,β-unsaturated/α-hetero) is 1. The zero-order chi connectivity index (χ0) is 21.6. The van der Waals surface area contributed by atoms with Crippen molar-refractivity contribution in [2.75, 3.05) is 39.3 Å². The van der Waals surface area contributed by atoms with Gasteiger partial charge in [-0.15, -0.1) is 0 Å². The summed E-state index contributed by atoms with van der Waals surface area (Å²) in [6.45, 7) is 6.81. The van der Waals surface area contributed by atoms with Gasteiger partial charge in [-0.3, -0.25) is 9.59 Å². The molecule has 1 fully saturated rings. The van der Waals surface area contributed by atoms with Crippen LogP contribution >= 0.6 is 0 Å². The van der Waals surface area contributed by atoms with E-state index in [0.717, 1.165) is 61.2 Å². The summed E-state index contributed by atoms with van der Waals surface area (Å²) in [7, 11) is 0. The van der Waals surface area contributed by atoms with Crippen LogP contribution in [-0.4, -0.2) is 55.9 Å². The molecule has 1 amide bonds. The summed E-state index contributed by atoms with van der Waals surface area (Å²) in [5, 5.41) is 3.95. The van der Waals surface area contributed by atoms with Crippen LogP contribution in [0.25, 0.3) is 10.9 Å². The lowest BCUT2D eigenvalue weighted by Crippen LogP contribution is -3.28. The van der Waals surface area contributed by atoms with Crippen LogP contribution in [0.3, 0.4) is 0 Å². The molecule has 0 unspecified atom stereocenters. The highest BCUT2D eigenvalue weighted by Crippen LogP contribution is 2.23. The molecule has 3 aromatic rings. The molecule has 0 saturated carbocycles. The maximum Gasteiger partial charge on any atom is 0.275 e. The molecule has 1 aliphatic heterocycles. The molecule has 0 radical (unpaired) electrons. The zero-order valence-corrected chi connectivity index (χ0v) is 18.1. The predicted octanol–water partition coefficient (Wildman–Crippen LogP) is 0.402. The fourth-order valence-electron chi connectivity index (χ4n) is 4.59. The minimum atomic E-state index is -0.240. The van der Waals surface area contributed by atoms with Gasteiger partial charge in [0.05, 0.1) is 0 Å². The molecule has 0 aliphatic carbocycles. The number of hydrogen-bond donors (Lipinski definition) is 4. The summed E-state index contributed by atoms with van der Waals surface area (Å²) in [5.41, 5.74) is 2.79. The molecule has 31 heavy (non-hydrogen) atoms. The van der Waals surface area contributed by atoms with Gasteiger partial charge in [-0.2, -0.15) is 0 Å². The largest absolute Gasteiger partial charge is 0.360 e. The number of hydrogen-bond acceptors (Lipinski definition) is 2. The number of para-hydroxylation sites is 1. The van der Waals surface area contributed by atoms with Gasteiger partial charge in [0.1, 0.15) is 26.2 Å². The van der Waals surface area contributed by atoms with E-state index in [1.165, 1.54) is 9.80 Å². The van der Waals surface area contributed by atoms with Gasteiger partial charge in [0.25, 0.3) is 5.91 Å². The van der Waals surface area contributed by atoms with Crippen molar-refractivity contribution in [1.29, 1.82) is 0 Å². The van der Waals surface area contributed by atoms with Crippen molar-refractivity contribution in [1.82, 2.24) is 10.3 Å². The third kappa shape index (κ3) is 4.86. The van der Waals surface area contributed by atoms with E-state index in [-0.39, 0.29) is 17.7 Å². The zero-order valence-electron chi connectivity index (χ0n) is 18.1. The molecule has 162 valence electrons. The van der Waals surface area contributed by atoms with E-state index in [4.69, 9.17) is 0 Å². The van der Waals surface area contributed by atoms with Crippen molar-refractivity contribution in [3.05, 3.63) is 71.9 Å². The van der Waals surface area contributed by atoms with Gasteiger partial charge in [0.2, 0.25) is 5.78 Å². The summed E-state index contributed by atoms with van der Waals surface area (Å²) in [6, 6.07) is 17.8. The van der Waals surface area contributed by atoms with Crippen LogP contribution in [0.5, 0.6) is 0 Å². The highest BCUT2D eigenvalue weighted by atomic mass is 16.2. The van der Waals surface area contributed by atoms with Crippen LogP contribution in [0.2, 0.25) is 0 Å². The molecule has 1 saturated heterocycles. The molecule has 1 aromatic heterocycles. The van der Waals surface area contributed by atoms with E-state index in [2.05, 4.69) is 29.4 Å². The number of piperazine rings is 1. The SMILES string of the molecule is CCCNC(=O)C[NH+]1CC[NH+]([C@H](C(=O)c2c[nH]c3ccccc23)c2ccccc2)CC1.